The van der Waals surface area contributed by atoms with Crippen molar-refractivity contribution in [2.75, 3.05) is 13.1 Å². The number of aliphatic hydroxyl groups is 1. The molecule has 0 spiro atoms. The first-order chi connectivity index (χ1) is 8.67. The van der Waals surface area contributed by atoms with Crippen LogP contribution in [0.3, 0.4) is 0 Å². The van der Waals surface area contributed by atoms with Crippen molar-refractivity contribution in [3.05, 3.63) is 18.2 Å². The lowest BCUT2D eigenvalue weighted by Gasteiger charge is -2.28. The summed E-state index contributed by atoms with van der Waals surface area (Å²) in [6, 6.07) is 1.81. The maximum Gasteiger partial charge on any atom is 0.259 e. The Morgan fingerprint density at radius 2 is 2.22 bits per heavy atom. The SMILES string of the molecule is Cn1ccc(-c2noc(C3(O)CCNCC3)n2)n1. The summed E-state index contributed by atoms with van der Waals surface area (Å²) in [4.78, 5) is 4.26. The zero-order chi connectivity index (χ0) is 12.6. The molecule has 0 bridgehead atoms. The Morgan fingerprint density at radius 3 is 2.89 bits per heavy atom. The van der Waals surface area contributed by atoms with Gasteiger partial charge < -0.3 is 14.9 Å². The van der Waals surface area contributed by atoms with E-state index in [1.54, 1.807) is 10.7 Å². The molecule has 1 saturated heterocycles. The van der Waals surface area contributed by atoms with Crippen LogP contribution in [0.25, 0.3) is 11.5 Å². The summed E-state index contributed by atoms with van der Waals surface area (Å²) in [6.45, 7) is 1.50. The summed E-state index contributed by atoms with van der Waals surface area (Å²) in [7, 11) is 1.82. The smallest absolute Gasteiger partial charge is 0.259 e. The van der Waals surface area contributed by atoms with E-state index < -0.39 is 5.60 Å². The minimum absolute atomic E-state index is 0.282. The van der Waals surface area contributed by atoms with Crippen LogP contribution in [0.15, 0.2) is 16.8 Å². The summed E-state index contributed by atoms with van der Waals surface area (Å²) in [6.07, 6.45) is 2.97. The maximum atomic E-state index is 10.4. The third kappa shape index (κ3) is 1.91. The van der Waals surface area contributed by atoms with Crippen molar-refractivity contribution in [1.29, 1.82) is 0 Å². The molecular weight excluding hydrogens is 234 g/mol. The second-order valence-corrected chi connectivity index (χ2v) is 4.58. The van der Waals surface area contributed by atoms with Crippen LogP contribution >= 0.6 is 0 Å². The highest BCUT2D eigenvalue weighted by atomic mass is 16.5. The molecule has 0 aromatic carbocycles. The molecule has 2 N–H and O–H groups in total. The monoisotopic (exact) mass is 249 g/mol. The summed E-state index contributed by atoms with van der Waals surface area (Å²) >= 11 is 0. The second-order valence-electron chi connectivity index (χ2n) is 4.58. The molecule has 0 unspecified atom stereocenters. The van der Waals surface area contributed by atoms with Gasteiger partial charge in [-0.1, -0.05) is 5.16 Å². The molecule has 1 fully saturated rings. The first-order valence-electron chi connectivity index (χ1n) is 5.95. The lowest BCUT2D eigenvalue weighted by Crippen LogP contribution is -2.39. The summed E-state index contributed by atoms with van der Waals surface area (Å²) in [5.41, 5.74) is -0.365. The Labute approximate surface area is 104 Å². The largest absolute Gasteiger partial charge is 0.380 e. The quantitative estimate of drug-likeness (QED) is 0.781. The predicted molar refractivity (Wildman–Crippen MR) is 62.5 cm³/mol. The summed E-state index contributed by atoms with van der Waals surface area (Å²) in [5.74, 6) is 0.696. The van der Waals surface area contributed by atoms with Gasteiger partial charge in [0.25, 0.3) is 5.89 Å². The van der Waals surface area contributed by atoms with Gasteiger partial charge in [-0.2, -0.15) is 10.1 Å². The van der Waals surface area contributed by atoms with Gasteiger partial charge >= 0.3 is 0 Å². The minimum Gasteiger partial charge on any atom is -0.380 e. The molecule has 0 amide bonds. The lowest BCUT2D eigenvalue weighted by atomic mass is 9.92. The van der Waals surface area contributed by atoms with Crippen LogP contribution in [0.5, 0.6) is 0 Å². The normalized spacial score (nSPS) is 19.0. The molecule has 0 radical (unpaired) electrons. The van der Waals surface area contributed by atoms with Crippen LogP contribution in [-0.2, 0) is 12.6 Å². The molecule has 2 aromatic rings. The van der Waals surface area contributed by atoms with Crippen LogP contribution in [0.2, 0.25) is 0 Å². The van der Waals surface area contributed by atoms with Gasteiger partial charge in [-0.25, -0.2) is 0 Å². The minimum atomic E-state index is -1.01. The molecule has 0 saturated carbocycles. The molecule has 7 nitrogen and oxygen atoms in total. The van der Waals surface area contributed by atoms with Crippen molar-refractivity contribution >= 4 is 0 Å². The summed E-state index contributed by atoms with van der Waals surface area (Å²) < 4.78 is 6.85. The molecule has 3 heterocycles. The average Bonchev–Trinajstić information content (AvgIpc) is 2.98. The van der Waals surface area contributed by atoms with Gasteiger partial charge in [-0.3, -0.25) is 4.68 Å². The third-order valence-corrected chi connectivity index (χ3v) is 3.20. The number of piperidine rings is 1. The van der Waals surface area contributed by atoms with Crippen molar-refractivity contribution in [2.45, 2.75) is 18.4 Å². The van der Waals surface area contributed by atoms with Crippen molar-refractivity contribution < 1.29 is 9.63 Å². The van der Waals surface area contributed by atoms with E-state index in [1.165, 1.54) is 0 Å². The van der Waals surface area contributed by atoms with E-state index in [2.05, 4.69) is 20.6 Å². The molecule has 18 heavy (non-hydrogen) atoms. The number of aromatic nitrogens is 4. The van der Waals surface area contributed by atoms with E-state index >= 15 is 0 Å². The molecule has 3 rings (SSSR count). The Morgan fingerprint density at radius 1 is 1.44 bits per heavy atom. The first kappa shape index (κ1) is 11.4. The highest BCUT2D eigenvalue weighted by molar-refractivity contribution is 5.46. The lowest BCUT2D eigenvalue weighted by molar-refractivity contribution is -0.0228. The molecule has 1 aliphatic heterocycles. The van der Waals surface area contributed by atoms with Crippen LogP contribution in [0, 0.1) is 0 Å². The molecule has 0 aliphatic carbocycles. The fourth-order valence-electron chi connectivity index (χ4n) is 2.11. The Balaban J connectivity index is 1.89. The number of hydrogen-bond acceptors (Lipinski definition) is 6. The number of nitrogens with one attached hydrogen (secondary N) is 1. The fourth-order valence-corrected chi connectivity index (χ4v) is 2.11. The maximum absolute atomic E-state index is 10.4. The first-order valence-corrected chi connectivity index (χ1v) is 5.95. The zero-order valence-corrected chi connectivity index (χ0v) is 10.1. The second kappa shape index (κ2) is 4.18. The van der Waals surface area contributed by atoms with Crippen molar-refractivity contribution in [3.8, 4) is 11.5 Å². The Bertz CT molecular complexity index is 541. The molecule has 96 valence electrons. The topological polar surface area (TPSA) is 89.0 Å². The average molecular weight is 249 g/mol. The van der Waals surface area contributed by atoms with E-state index in [1.807, 2.05) is 13.2 Å². The third-order valence-electron chi connectivity index (χ3n) is 3.20. The molecular formula is C11H15N5O2. The van der Waals surface area contributed by atoms with E-state index in [0.717, 1.165) is 13.1 Å². The van der Waals surface area contributed by atoms with Crippen LogP contribution < -0.4 is 5.32 Å². The molecule has 7 heteroatoms. The van der Waals surface area contributed by atoms with Crippen LogP contribution in [0.1, 0.15) is 18.7 Å². The predicted octanol–water partition coefficient (Wildman–Crippen LogP) is 0.0411. The fraction of sp³-hybridized carbons (Fsp3) is 0.545. The van der Waals surface area contributed by atoms with Gasteiger partial charge in [0.05, 0.1) is 0 Å². The van der Waals surface area contributed by atoms with Crippen molar-refractivity contribution in [3.63, 3.8) is 0 Å². The molecule has 0 atom stereocenters. The van der Waals surface area contributed by atoms with E-state index in [4.69, 9.17) is 4.52 Å². The van der Waals surface area contributed by atoms with Gasteiger partial charge in [0.15, 0.2) is 0 Å². The molecule has 1 aliphatic rings. The van der Waals surface area contributed by atoms with Gasteiger partial charge in [0, 0.05) is 13.2 Å². The zero-order valence-electron chi connectivity index (χ0n) is 10.1. The van der Waals surface area contributed by atoms with E-state index in [9.17, 15) is 5.11 Å². The van der Waals surface area contributed by atoms with E-state index in [-0.39, 0.29) is 5.89 Å². The summed E-state index contributed by atoms with van der Waals surface area (Å²) in [5, 5.41) is 21.7. The number of aryl methyl sites for hydroxylation is 1. The number of rotatable bonds is 2. The van der Waals surface area contributed by atoms with Gasteiger partial charge in [-0.05, 0) is 32.0 Å². The van der Waals surface area contributed by atoms with Crippen LogP contribution in [-0.4, -0.2) is 38.1 Å². The van der Waals surface area contributed by atoms with Gasteiger partial charge in [-0.15, -0.1) is 0 Å². The molecule has 2 aromatic heterocycles. The van der Waals surface area contributed by atoms with Gasteiger partial charge in [0.2, 0.25) is 5.82 Å². The Kier molecular flexibility index (Phi) is 2.64. The number of nitrogens with zero attached hydrogens (tertiary/aromatic N) is 4. The van der Waals surface area contributed by atoms with E-state index in [0.29, 0.717) is 24.4 Å². The van der Waals surface area contributed by atoms with Gasteiger partial charge in [0.1, 0.15) is 11.3 Å². The van der Waals surface area contributed by atoms with Crippen molar-refractivity contribution in [2.24, 2.45) is 7.05 Å². The standard InChI is InChI=1S/C11H15N5O2/c1-16-7-2-8(14-16)9-13-10(18-15-9)11(17)3-5-12-6-4-11/h2,7,12,17H,3-6H2,1H3. The van der Waals surface area contributed by atoms with Crippen LogP contribution in [0.4, 0.5) is 0 Å². The highest BCUT2D eigenvalue weighted by Gasteiger charge is 2.37. The van der Waals surface area contributed by atoms with Crippen molar-refractivity contribution in [1.82, 2.24) is 25.2 Å². The Hall–Kier alpha value is -1.73. The number of hydrogen-bond donors (Lipinski definition) is 2. The highest BCUT2D eigenvalue weighted by Crippen LogP contribution is 2.30.